The zero-order chi connectivity index (χ0) is 17.8. The highest BCUT2D eigenvalue weighted by molar-refractivity contribution is 5.91. The molecule has 0 spiro atoms. The van der Waals surface area contributed by atoms with Crippen LogP contribution in [-0.2, 0) is 0 Å². The van der Waals surface area contributed by atoms with Crippen molar-refractivity contribution in [1.82, 2.24) is 15.1 Å². The Morgan fingerprint density at radius 2 is 1.69 bits per heavy atom. The van der Waals surface area contributed by atoms with E-state index in [1.54, 1.807) is 67.0 Å². The second-order valence-corrected chi connectivity index (χ2v) is 5.44. The fourth-order valence-corrected chi connectivity index (χ4v) is 2.36. The number of esters is 1. The molecule has 0 aliphatic rings. The fraction of sp³-hybridized carbons (Fsp3) is 0. The van der Waals surface area contributed by atoms with E-state index in [4.69, 9.17) is 9.26 Å². The van der Waals surface area contributed by atoms with Crippen molar-refractivity contribution in [2.24, 2.45) is 0 Å². The van der Waals surface area contributed by atoms with Gasteiger partial charge < -0.3 is 9.26 Å². The van der Waals surface area contributed by atoms with E-state index in [1.165, 1.54) is 0 Å². The van der Waals surface area contributed by atoms with Crippen LogP contribution in [0.25, 0.3) is 22.8 Å². The van der Waals surface area contributed by atoms with Gasteiger partial charge in [-0.1, -0.05) is 23.4 Å². The summed E-state index contributed by atoms with van der Waals surface area (Å²) in [6, 6.07) is 19.4. The minimum atomic E-state index is -0.407. The van der Waals surface area contributed by atoms with Gasteiger partial charge in [0.05, 0.1) is 5.56 Å². The van der Waals surface area contributed by atoms with Crippen molar-refractivity contribution in [3.05, 3.63) is 84.7 Å². The van der Waals surface area contributed by atoms with Gasteiger partial charge in [0, 0.05) is 23.5 Å². The van der Waals surface area contributed by atoms with E-state index in [2.05, 4.69) is 15.1 Å². The third-order valence-corrected chi connectivity index (χ3v) is 3.67. The lowest BCUT2D eigenvalue weighted by Crippen LogP contribution is -2.07. The van der Waals surface area contributed by atoms with Gasteiger partial charge in [0.15, 0.2) is 0 Å². The van der Waals surface area contributed by atoms with Crippen LogP contribution in [0.1, 0.15) is 10.4 Å². The maximum Gasteiger partial charge on any atom is 0.343 e. The lowest BCUT2D eigenvalue weighted by atomic mass is 10.2. The van der Waals surface area contributed by atoms with Gasteiger partial charge in [0.1, 0.15) is 5.75 Å². The number of pyridine rings is 1. The second-order valence-electron chi connectivity index (χ2n) is 5.44. The molecule has 6 nitrogen and oxygen atoms in total. The minimum absolute atomic E-state index is 0.379. The van der Waals surface area contributed by atoms with E-state index >= 15 is 0 Å². The van der Waals surface area contributed by atoms with Crippen LogP contribution in [0.2, 0.25) is 0 Å². The molecular formula is C20H13N3O3. The Kier molecular flexibility index (Phi) is 4.22. The molecule has 2 aromatic heterocycles. The molecule has 0 aliphatic heterocycles. The smallest absolute Gasteiger partial charge is 0.343 e. The predicted octanol–water partition coefficient (Wildman–Crippen LogP) is 4.02. The topological polar surface area (TPSA) is 78.1 Å². The zero-order valence-corrected chi connectivity index (χ0v) is 13.6. The van der Waals surface area contributed by atoms with Crippen molar-refractivity contribution < 1.29 is 14.1 Å². The van der Waals surface area contributed by atoms with Crippen LogP contribution < -0.4 is 4.74 Å². The molecule has 0 aliphatic carbocycles. The Morgan fingerprint density at radius 1 is 0.885 bits per heavy atom. The van der Waals surface area contributed by atoms with Crippen molar-refractivity contribution in [3.8, 4) is 28.6 Å². The average molecular weight is 343 g/mol. The molecule has 126 valence electrons. The van der Waals surface area contributed by atoms with Crippen LogP contribution in [-0.4, -0.2) is 21.1 Å². The van der Waals surface area contributed by atoms with Gasteiger partial charge in [-0.15, -0.1) is 0 Å². The van der Waals surface area contributed by atoms with Crippen LogP contribution in [0, 0.1) is 0 Å². The summed E-state index contributed by atoms with van der Waals surface area (Å²) in [5.74, 6) is 0.877. The van der Waals surface area contributed by atoms with Crippen molar-refractivity contribution >= 4 is 5.97 Å². The van der Waals surface area contributed by atoms with Crippen LogP contribution in [0.3, 0.4) is 0 Å². The van der Waals surface area contributed by atoms with Crippen molar-refractivity contribution in [2.45, 2.75) is 0 Å². The first-order valence-corrected chi connectivity index (χ1v) is 7.91. The number of hydrogen-bond acceptors (Lipinski definition) is 6. The lowest BCUT2D eigenvalue weighted by Gasteiger charge is -2.04. The predicted molar refractivity (Wildman–Crippen MR) is 94.4 cm³/mol. The highest BCUT2D eigenvalue weighted by atomic mass is 16.5. The SMILES string of the molecule is O=C(Oc1ccc(-c2nc(-c3cccnc3)no2)cc1)c1ccccc1. The van der Waals surface area contributed by atoms with Gasteiger partial charge in [-0.05, 0) is 48.5 Å². The molecule has 0 saturated heterocycles. The molecule has 0 radical (unpaired) electrons. The molecule has 6 heteroatoms. The van der Waals surface area contributed by atoms with Crippen LogP contribution in [0.4, 0.5) is 0 Å². The number of ether oxygens (including phenoxy) is 1. The number of aromatic nitrogens is 3. The summed E-state index contributed by atoms with van der Waals surface area (Å²) in [4.78, 5) is 20.5. The summed E-state index contributed by atoms with van der Waals surface area (Å²) in [6.07, 6.45) is 3.35. The lowest BCUT2D eigenvalue weighted by molar-refractivity contribution is 0.0735. The number of benzene rings is 2. The number of hydrogen-bond donors (Lipinski definition) is 0. The van der Waals surface area contributed by atoms with Gasteiger partial charge in [0.2, 0.25) is 5.82 Å². The molecule has 2 aromatic carbocycles. The first kappa shape index (κ1) is 15.7. The normalized spacial score (nSPS) is 10.5. The maximum atomic E-state index is 12.1. The first-order chi connectivity index (χ1) is 12.8. The molecule has 4 aromatic rings. The van der Waals surface area contributed by atoms with Gasteiger partial charge in [-0.3, -0.25) is 4.98 Å². The molecule has 0 amide bonds. The molecule has 0 saturated carbocycles. The molecule has 0 bridgehead atoms. The van der Waals surface area contributed by atoms with E-state index in [0.717, 1.165) is 11.1 Å². The first-order valence-electron chi connectivity index (χ1n) is 7.91. The van der Waals surface area contributed by atoms with E-state index in [-0.39, 0.29) is 0 Å². The van der Waals surface area contributed by atoms with E-state index < -0.39 is 5.97 Å². The van der Waals surface area contributed by atoms with Crippen molar-refractivity contribution in [2.75, 3.05) is 0 Å². The van der Waals surface area contributed by atoms with E-state index in [9.17, 15) is 4.79 Å². The molecule has 0 fully saturated rings. The molecule has 26 heavy (non-hydrogen) atoms. The van der Waals surface area contributed by atoms with Crippen molar-refractivity contribution in [1.29, 1.82) is 0 Å². The average Bonchev–Trinajstić information content (AvgIpc) is 3.20. The number of carbonyl (C=O) groups excluding carboxylic acids is 1. The fourth-order valence-electron chi connectivity index (χ4n) is 2.36. The monoisotopic (exact) mass is 343 g/mol. The minimum Gasteiger partial charge on any atom is -0.423 e. The van der Waals surface area contributed by atoms with E-state index in [1.807, 2.05) is 12.1 Å². The molecule has 0 unspecified atom stereocenters. The van der Waals surface area contributed by atoms with Gasteiger partial charge in [-0.25, -0.2) is 4.79 Å². The highest BCUT2D eigenvalue weighted by Crippen LogP contribution is 2.24. The van der Waals surface area contributed by atoms with Crippen LogP contribution >= 0.6 is 0 Å². The summed E-state index contributed by atoms with van der Waals surface area (Å²) in [6.45, 7) is 0. The Bertz CT molecular complexity index is 1010. The maximum absolute atomic E-state index is 12.1. The molecule has 4 rings (SSSR count). The Morgan fingerprint density at radius 3 is 2.42 bits per heavy atom. The van der Waals surface area contributed by atoms with Gasteiger partial charge in [-0.2, -0.15) is 4.98 Å². The summed E-state index contributed by atoms with van der Waals surface area (Å²) < 4.78 is 10.7. The number of nitrogens with zero attached hydrogens (tertiary/aromatic N) is 3. The quantitative estimate of drug-likeness (QED) is 0.411. The largest absolute Gasteiger partial charge is 0.423 e. The highest BCUT2D eigenvalue weighted by Gasteiger charge is 2.12. The Hall–Kier alpha value is -3.80. The summed E-state index contributed by atoms with van der Waals surface area (Å²) in [7, 11) is 0. The van der Waals surface area contributed by atoms with Gasteiger partial charge >= 0.3 is 5.97 Å². The Balaban J connectivity index is 1.50. The number of rotatable bonds is 4. The number of carbonyl (C=O) groups is 1. The summed E-state index contributed by atoms with van der Waals surface area (Å²) in [5, 5.41) is 3.96. The molecular weight excluding hydrogens is 330 g/mol. The summed E-state index contributed by atoms with van der Waals surface area (Å²) >= 11 is 0. The zero-order valence-electron chi connectivity index (χ0n) is 13.6. The molecule has 0 N–H and O–H groups in total. The van der Waals surface area contributed by atoms with Gasteiger partial charge in [0.25, 0.3) is 5.89 Å². The molecule has 2 heterocycles. The third kappa shape index (κ3) is 3.34. The van der Waals surface area contributed by atoms with Crippen LogP contribution in [0.5, 0.6) is 5.75 Å². The molecule has 0 atom stereocenters. The van der Waals surface area contributed by atoms with Crippen molar-refractivity contribution in [3.63, 3.8) is 0 Å². The Labute approximate surface area is 149 Å². The summed E-state index contributed by atoms with van der Waals surface area (Å²) in [5.41, 5.74) is 2.00. The standard InChI is InChI=1S/C20H13N3O3/c24-20(15-5-2-1-3-6-15)25-17-10-8-14(9-11-17)19-22-18(23-26-19)16-7-4-12-21-13-16/h1-13H. The van der Waals surface area contributed by atoms with Crippen LogP contribution in [0.15, 0.2) is 83.6 Å². The van der Waals surface area contributed by atoms with E-state index in [0.29, 0.717) is 23.0 Å². The third-order valence-electron chi connectivity index (χ3n) is 3.67. The second kappa shape index (κ2) is 6.98.